The fraction of sp³-hybridized carbons (Fsp3) is 0.750. The third-order valence-electron chi connectivity index (χ3n) is 1.40. The minimum atomic E-state index is 0.664. The van der Waals surface area contributed by atoms with Crippen molar-refractivity contribution in [3.8, 4) is 0 Å². The summed E-state index contributed by atoms with van der Waals surface area (Å²) in [6.45, 7) is 7.13. The molecule has 0 aliphatic heterocycles. The summed E-state index contributed by atoms with van der Waals surface area (Å²) in [7, 11) is 1.70. The van der Waals surface area contributed by atoms with Gasteiger partial charge in [0.2, 0.25) is 0 Å². The highest BCUT2D eigenvalue weighted by atomic mass is 35.5. The first-order valence-electron chi connectivity index (χ1n) is 3.73. The lowest BCUT2D eigenvalue weighted by atomic mass is 10.4. The molecule has 0 N–H and O–H groups in total. The molecule has 0 rings (SSSR count). The van der Waals surface area contributed by atoms with Crippen LogP contribution in [-0.2, 0) is 4.74 Å². The SMILES string of the molecule is C=CCN(CCCl)CCOC. The maximum absolute atomic E-state index is 5.59. The third-order valence-corrected chi connectivity index (χ3v) is 1.57. The Labute approximate surface area is 73.8 Å². The lowest BCUT2D eigenvalue weighted by Gasteiger charge is -2.18. The fourth-order valence-electron chi connectivity index (χ4n) is 0.817. The summed E-state index contributed by atoms with van der Waals surface area (Å²) < 4.78 is 4.95. The molecule has 0 amide bonds. The number of nitrogens with zero attached hydrogens (tertiary/aromatic N) is 1. The third kappa shape index (κ3) is 6.35. The van der Waals surface area contributed by atoms with E-state index in [-0.39, 0.29) is 0 Å². The van der Waals surface area contributed by atoms with Crippen molar-refractivity contribution in [3.05, 3.63) is 12.7 Å². The minimum Gasteiger partial charge on any atom is -0.383 e. The molecule has 0 atom stereocenters. The predicted octanol–water partition coefficient (Wildman–Crippen LogP) is 1.36. The Hall–Kier alpha value is -0.0500. The summed E-state index contributed by atoms with van der Waals surface area (Å²) in [6, 6.07) is 0. The van der Waals surface area contributed by atoms with Gasteiger partial charge in [-0.2, -0.15) is 0 Å². The summed E-state index contributed by atoms with van der Waals surface area (Å²) in [5.74, 6) is 0.664. The van der Waals surface area contributed by atoms with Crippen molar-refractivity contribution < 1.29 is 4.74 Å². The number of hydrogen-bond acceptors (Lipinski definition) is 2. The zero-order valence-electron chi connectivity index (χ0n) is 7.05. The lowest BCUT2D eigenvalue weighted by molar-refractivity contribution is 0.157. The lowest BCUT2D eigenvalue weighted by Crippen LogP contribution is -2.29. The summed E-state index contributed by atoms with van der Waals surface area (Å²) in [4.78, 5) is 2.20. The average Bonchev–Trinajstić information content (AvgIpc) is 2.01. The predicted molar refractivity (Wildman–Crippen MR) is 49.2 cm³/mol. The topological polar surface area (TPSA) is 12.5 Å². The Morgan fingerprint density at radius 3 is 2.73 bits per heavy atom. The number of rotatable bonds is 7. The Bertz CT molecular complexity index is 98.1. The van der Waals surface area contributed by atoms with Gasteiger partial charge >= 0.3 is 0 Å². The molecule has 0 radical (unpaired) electrons. The molecule has 0 aromatic heterocycles. The zero-order valence-corrected chi connectivity index (χ0v) is 7.81. The standard InChI is InChI=1S/C8H16ClNO/c1-3-5-10(6-4-9)7-8-11-2/h3H,1,4-8H2,2H3. The van der Waals surface area contributed by atoms with Crippen LogP contribution in [0.25, 0.3) is 0 Å². The first-order valence-corrected chi connectivity index (χ1v) is 4.26. The van der Waals surface area contributed by atoms with E-state index in [2.05, 4.69) is 11.5 Å². The molecule has 0 saturated heterocycles. The molecule has 0 heterocycles. The second-order valence-electron chi connectivity index (χ2n) is 2.27. The summed E-state index contributed by atoms with van der Waals surface area (Å²) >= 11 is 5.59. The number of alkyl halides is 1. The van der Waals surface area contributed by atoms with E-state index in [1.165, 1.54) is 0 Å². The van der Waals surface area contributed by atoms with E-state index in [4.69, 9.17) is 16.3 Å². The molecular weight excluding hydrogens is 162 g/mol. The van der Waals surface area contributed by atoms with Gasteiger partial charge in [-0.25, -0.2) is 0 Å². The van der Waals surface area contributed by atoms with E-state index in [1.807, 2.05) is 6.08 Å². The molecule has 0 spiro atoms. The molecule has 0 saturated carbocycles. The van der Waals surface area contributed by atoms with Crippen molar-refractivity contribution in [1.29, 1.82) is 0 Å². The molecule has 0 unspecified atom stereocenters. The molecule has 11 heavy (non-hydrogen) atoms. The molecular formula is C8H16ClNO. The number of hydrogen-bond donors (Lipinski definition) is 0. The zero-order chi connectivity index (χ0) is 8.53. The molecule has 0 fully saturated rings. The maximum atomic E-state index is 5.59. The fourth-order valence-corrected chi connectivity index (χ4v) is 1.06. The van der Waals surface area contributed by atoms with Gasteiger partial charge in [0.15, 0.2) is 0 Å². The highest BCUT2D eigenvalue weighted by Gasteiger charge is 1.99. The van der Waals surface area contributed by atoms with Gasteiger partial charge in [-0.05, 0) is 0 Å². The van der Waals surface area contributed by atoms with Crippen LogP contribution in [0.3, 0.4) is 0 Å². The van der Waals surface area contributed by atoms with Crippen molar-refractivity contribution in [2.45, 2.75) is 0 Å². The number of ether oxygens (including phenoxy) is 1. The van der Waals surface area contributed by atoms with Gasteiger partial charge in [0, 0.05) is 32.6 Å². The van der Waals surface area contributed by atoms with Gasteiger partial charge in [0.25, 0.3) is 0 Å². The normalized spacial score (nSPS) is 10.5. The molecule has 0 aromatic carbocycles. The van der Waals surface area contributed by atoms with Crippen LogP contribution in [0.2, 0.25) is 0 Å². The van der Waals surface area contributed by atoms with Crippen LogP contribution < -0.4 is 0 Å². The van der Waals surface area contributed by atoms with E-state index in [0.717, 1.165) is 26.2 Å². The van der Waals surface area contributed by atoms with Crippen molar-refractivity contribution in [3.63, 3.8) is 0 Å². The molecule has 2 nitrogen and oxygen atoms in total. The summed E-state index contributed by atoms with van der Waals surface area (Å²) in [6.07, 6.45) is 1.88. The van der Waals surface area contributed by atoms with E-state index >= 15 is 0 Å². The molecule has 66 valence electrons. The second-order valence-corrected chi connectivity index (χ2v) is 2.65. The quantitative estimate of drug-likeness (QED) is 0.430. The highest BCUT2D eigenvalue weighted by Crippen LogP contribution is 1.89. The molecule has 0 aliphatic carbocycles. The Morgan fingerprint density at radius 2 is 2.27 bits per heavy atom. The number of halogens is 1. The van der Waals surface area contributed by atoms with Crippen molar-refractivity contribution in [2.75, 3.05) is 39.2 Å². The van der Waals surface area contributed by atoms with Crippen LogP contribution in [0.15, 0.2) is 12.7 Å². The minimum absolute atomic E-state index is 0.664. The Kier molecular flexibility index (Phi) is 8.01. The smallest absolute Gasteiger partial charge is 0.0589 e. The van der Waals surface area contributed by atoms with Crippen LogP contribution in [0.4, 0.5) is 0 Å². The Morgan fingerprint density at radius 1 is 1.55 bits per heavy atom. The monoisotopic (exact) mass is 177 g/mol. The van der Waals surface area contributed by atoms with Gasteiger partial charge in [-0.15, -0.1) is 18.2 Å². The van der Waals surface area contributed by atoms with Crippen molar-refractivity contribution in [1.82, 2.24) is 4.90 Å². The first kappa shape index (κ1) is 11.0. The van der Waals surface area contributed by atoms with E-state index in [1.54, 1.807) is 7.11 Å². The van der Waals surface area contributed by atoms with Gasteiger partial charge in [0.1, 0.15) is 0 Å². The van der Waals surface area contributed by atoms with E-state index in [0.29, 0.717) is 5.88 Å². The Balaban J connectivity index is 3.41. The number of methoxy groups -OCH3 is 1. The van der Waals surface area contributed by atoms with E-state index < -0.39 is 0 Å². The van der Waals surface area contributed by atoms with Crippen LogP contribution >= 0.6 is 11.6 Å². The van der Waals surface area contributed by atoms with Gasteiger partial charge in [0.05, 0.1) is 6.61 Å². The average molecular weight is 178 g/mol. The van der Waals surface area contributed by atoms with Crippen molar-refractivity contribution >= 4 is 11.6 Å². The van der Waals surface area contributed by atoms with Crippen molar-refractivity contribution in [2.24, 2.45) is 0 Å². The maximum Gasteiger partial charge on any atom is 0.0589 e. The second kappa shape index (κ2) is 8.05. The molecule has 0 bridgehead atoms. The van der Waals surface area contributed by atoms with Crippen LogP contribution in [-0.4, -0.2) is 44.1 Å². The van der Waals surface area contributed by atoms with Gasteiger partial charge in [-0.3, -0.25) is 4.90 Å². The van der Waals surface area contributed by atoms with Gasteiger partial charge in [-0.1, -0.05) is 6.08 Å². The molecule has 3 heteroatoms. The summed E-state index contributed by atoms with van der Waals surface area (Å²) in [5, 5.41) is 0. The van der Waals surface area contributed by atoms with E-state index in [9.17, 15) is 0 Å². The molecule has 0 aromatic rings. The van der Waals surface area contributed by atoms with Crippen LogP contribution in [0.1, 0.15) is 0 Å². The highest BCUT2D eigenvalue weighted by molar-refractivity contribution is 6.18. The largest absolute Gasteiger partial charge is 0.383 e. The van der Waals surface area contributed by atoms with Crippen LogP contribution in [0.5, 0.6) is 0 Å². The first-order chi connectivity index (χ1) is 5.35. The van der Waals surface area contributed by atoms with Crippen LogP contribution in [0, 0.1) is 0 Å². The van der Waals surface area contributed by atoms with Gasteiger partial charge < -0.3 is 4.74 Å². The summed E-state index contributed by atoms with van der Waals surface area (Å²) in [5.41, 5.74) is 0. The molecule has 0 aliphatic rings.